The Morgan fingerprint density at radius 2 is 1.59 bits per heavy atom. The van der Waals surface area contributed by atoms with Gasteiger partial charge in [0.2, 0.25) is 0 Å². The Labute approximate surface area is 191 Å². The van der Waals surface area contributed by atoms with Gasteiger partial charge in [0.25, 0.3) is 10.1 Å². The monoisotopic (exact) mass is 449 g/mol. The minimum absolute atomic E-state index is 0.0666. The molecule has 0 radical (unpaired) electrons. The number of benzene rings is 3. The van der Waals surface area contributed by atoms with Gasteiger partial charge in [0.05, 0.1) is 4.90 Å². The van der Waals surface area contributed by atoms with Crippen LogP contribution in [0, 0.1) is 13.8 Å². The van der Waals surface area contributed by atoms with Crippen molar-refractivity contribution in [1.29, 1.82) is 0 Å². The number of hydrogen-bond donors (Lipinski definition) is 2. The highest BCUT2D eigenvalue weighted by atomic mass is 32.2. The number of aryl methyl sites for hydroxylation is 3. The maximum Gasteiger partial charge on any atom is 0.294 e. The van der Waals surface area contributed by atoms with E-state index >= 15 is 0 Å². The Morgan fingerprint density at radius 1 is 0.906 bits per heavy atom. The van der Waals surface area contributed by atoms with Crippen molar-refractivity contribution in [2.24, 2.45) is 0 Å². The molecule has 0 unspecified atom stereocenters. The lowest BCUT2D eigenvalue weighted by molar-refractivity contribution is 0.483. The van der Waals surface area contributed by atoms with E-state index in [1.165, 1.54) is 45.5 Å². The Balaban J connectivity index is 0.000000222. The van der Waals surface area contributed by atoms with Crippen LogP contribution in [0.15, 0.2) is 77.7 Å². The van der Waals surface area contributed by atoms with Gasteiger partial charge in [-0.25, -0.2) is 0 Å². The Morgan fingerprint density at radius 3 is 2.28 bits per heavy atom. The SMILES string of the molecule is CNCC/C=C1/c2ccccc2CCc2c(C)cccc21.Cc1ccc(S(=O)(=O)O)cc1. The van der Waals surface area contributed by atoms with Crippen LogP contribution in [0.5, 0.6) is 0 Å². The van der Waals surface area contributed by atoms with Crippen molar-refractivity contribution in [3.8, 4) is 0 Å². The van der Waals surface area contributed by atoms with Gasteiger partial charge in [-0.3, -0.25) is 4.55 Å². The molecule has 168 valence electrons. The quantitative estimate of drug-likeness (QED) is 0.415. The Hall–Kier alpha value is -2.73. The molecule has 0 atom stereocenters. The third-order valence-electron chi connectivity index (χ3n) is 5.71. The molecule has 2 N–H and O–H groups in total. The first-order valence-electron chi connectivity index (χ1n) is 10.9. The summed E-state index contributed by atoms with van der Waals surface area (Å²) in [7, 11) is -2.01. The number of nitrogens with one attached hydrogen (secondary N) is 1. The summed E-state index contributed by atoms with van der Waals surface area (Å²) in [6.45, 7) is 5.10. The first-order chi connectivity index (χ1) is 15.3. The molecule has 0 saturated carbocycles. The van der Waals surface area contributed by atoms with Gasteiger partial charge in [0, 0.05) is 0 Å². The maximum absolute atomic E-state index is 10.5. The lowest BCUT2D eigenvalue weighted by Crippen LogP contribution is -2.06. The van der Waals surface area contributed by atoms with Gasteiger partial charge in [-0.2, -0.15) is 8.42 Å². The molecule has 5 heteroatoms. The van der Waals surface area contributed by atoms with Crippen molar-refractivity contribution >= 4 is 15.7 Å². The van der Waals surface area contributed by atoms with Crippen LogP contribution in [-0.2, 0) is 23.0 Å². The standard InChI is InChI=1S/C20H23N.C7H8O3S/c1-15-7-5-10-19-17(15)13-12-16-8-3-4-9-18(16)20(19)11-6-14-21-2;1-6-2-4-7(5-3-6)11(8,9)10/h3-5,7-11,21H,6,12-14H2,1-2H3;2-5H,1H3,(H,8,9,10)/b20-11-;. The third kappa shape index (κ3) is 5.94. The molecule has 0 aromatic heterocycles. The first-order valence-corrected chi connectivity index (χ1v) is 12.3. The topological polar surface area (TPSA) is 66.4 Å². The molecular weight excluding hydrogens is 418 g/mol. The van der Waals surface area contributed by atoms with Crippen LogP contribution >= 0.6 is 0 Å². The predicted octanol–water partition coefficient (Wildman–Crippen LogP) is 5.38. The lowest BCUT2D eigenvalue weighted by atomic mass is 9.91. The van der Waals surface area contributed by atoms with Gasteiger partial charge in [0.1, 0.15) is 0 Å². The second-order valence-corrected chi connectivity index (χ2v) is 9.48. The molecule has 32 heavy (non-hydrogen) atoms. The van der Waals surface area contributed by atoms with Crippen LogP contribution in [0.1, 0.15) is 39.8 Å². The van der Waals surface area contributed by atoms with E-state index in [2.05, 4.69) is 60.8 Å². The fourth-order valence-electron chi connectivity index (χ4n) is 3.98. The van der Waals surface area contributed by atoms with Crippen molar-refractivity contribution in [2.75, 3.05) is 13.6 Å². The van der Waals surface area contributed by atoms with Gasteiger partial charge >= 0.3 is 0 Å². The summed E-state index contributed by atoms with van der Waals surface area (Å²) >= 11 is 0. The summed E-state index contributed by atoms with van der Waals surface area (Å²) in [6, 6.07) is 21.6. The van der Waals surface area contributed by atoms with E-state index in [1.807, 2.05) is 14.0 Å². The molecule has 0 aliphatic heterocycles. The second-order valence-electron chi connectivity index (χ2n) is 8.06. The van der Waals surface area contributed by atoms with Crippen LogP contribution in [0.25, 0.3) is 5.57 Å². The molecule has 3 aromatic carbocycles. The molecule has 4 nitrogen and oxygen atoms in total. The summed E-state index contributed by atoms with van der Waals surface area (Å²) in [5.41, 5.74) is 9.62. The maximum atomic E-state index is 10.5. The van der Waals surface area contributed by atoms with Crippen LogP contribution in [0.3, 0.4) is 0 Å². The molecule has 0 bridgehead atoms. The predicted molar refractivity (Wildman–Crippen MR) is 132 cm³/mol. The summed E-state index contributed by atoms with van der Waals surface area (Å²) < 4.78 is 29.6. The van der Waals surface area contributed by atoms with Crippen molar-refractivity contribution in [1.82, 2.24) is 5.32 Å². The van der Waals surface area contributed by atoms with E-state index in [9.17, 15) is 8.42 Å². The van der Waals surface area contributed by atoms with Gasteiger partial charge in [0.15, 0.2) is 0 Å². The van der Waals surface area contributed by atoms with Crippen LogP contribution in [0.2, 0.25) is 0 Å². The molecule has 0 saturated heterocycles. The molecule has 1 aliphatic rings. The first kappa shape index (κ1) is 23.9. The normalized spacial score (nSPS) is 14.1. The van der Waals surface area contributed by atoms with Gasteiger partial charge < -0.3 is 5.32 Å². The molecule has 4 rings (SSSR count). The Bertz CT molecular complexity index is 1200. The highest BCUT2D eigenvalue weighted by Gasteiger charge is 2.18. The number of rotatable bonds is 4. The zero-order valence-electron chi connectivity index (χ0n) is 18.9. The third-order valence-corrected chi connectivity index (χ3v) is 6.58. The average molecular weight is 450 g/mol. The Kier molecular flexibility index (Phi) is 8.02. The molecule has 0 amide bonds. The highest BCUT2D eigenvalue weighted by Crippen LogP contribution is 2.34. The second kappa shape index (κ2) is 10.7. The fourth-order valence-corrected chi connectivity index (χ4v) is 4.46. The lowest BCUT2D eigenvalue weighted by Gasteiger charge is -2.13. The van der Waals surface area contributed by atoms with E-state index in [1.54, 1.807) is 12.1 Å². The van der Waals surface area contributed by atoms with Crippen LogP contribution < -0.4 is 5.32 Å². The highest BCUT2D eigenvalue weighted by molar-refractivity contribution is 7.85. The van der Waals surface area contributed by atoms with Gasteiger partial charge in [-0.05, 0) is 92.2 Å². The van der Waals surface area contributed by atoms with E-state index in [0.29, 0.717) is 0 Å². The average Bonchev–Trinajstić information content (AvgIpc) is 2.92. The van der Waals surface area contributed by atoms with E-state index in [4.69, 9.17) is 4.55 Å². The van der Waals surface area contributed by atoms with Gasteiger partial charge in [-0.1, -0.05) is 66.2 Å². The van der Waals surface area contributed by atoms with E-state index in [-0.39, 0.29) is 4.90 Å². The summed E-state index contributed by atoms with van der Waals surface area (Å²) in [5, 5.41) is 3.24. The van der Waals surface area contributed by atoms with E-state index in [0.717, 1.165) is 31.4 Å². The minimum atomic E-state index is -4.02. The smallest absolute Gasteiger partial charge is 0.294 e. The molecule has 3 aromatic rings. The molecule has 0 heterocycles. The van der Waals surface area contributed by atoms with Crippen molar-refractivity contribution < 1.29 is 13.0 Å². The summed E-state index contributed by atoms with van der Waals surface area (Å²) in [5.74, 6) is 0. The molecule has 0 fully saturated rings. The zero-order chi connectivity index (χ0) is 23.1. The molecular formula is C27H31NO3S. The van der Waals surface area contributed by atoms with Crippen molar-refractivity contribution in [2.45, 2.75) is 38.0 Å². The van der Waals surface area contributed by atoms with Crippen LogP contribution in [-0.4, -0.2) is 26.6 Å². The summed E-state index contributed by atoms with van der Waals surface area (Å²) in [4.78, 5) is -0.0666. The van der Waals surface area contributed by atoms with Crippen molar-refractivity contribution in [3.63, 3.8) is 0 Å². The van der Waals surface area contributed by atoms with E-state index < -0.39 is 10.1 Å². The number of hydrogen-bond acceptors (Lipinski definition) is 3. The molecule has 1 aliphatic carbocycles. The number of fused-ring (bicyclic) bond motifs is 2. The van der Waals surface area contributed by atoms with Crippen LogP contribution in [0.4, 0.5) is 0 Å². The van der Waals surface area contributed by atoms with Gasteiger partial charge in [-0.15, -0.1) is 0 Å². The minimum Gasteiger partial charge on any atom is -0.319 e. The summed E-state index contributed by atoms with van der Waals surface area (Å²) in [6.07, 6.45) is 5.74. The largest absolute Gasteiger partial charge is 0.319 e. The fraction of sp³-hybridized carbons (Fsp3) is 0.259. The zero-order valence-corrected chi connectivity index (χ0v) is 19.7. The molecule has 0 spiro atoms. The van der Waals surface area contributed by atoms with Crippen molar-refractivity contribution in [3.05, 3.63) is 106 Å².